The molecule has 6 heteroatoms. The standard InChI is InChI=1S/C8H12N4O2/c1-5-10-8(14-12-5)11-6-3-2-4-9-7(6)13/h6H,2-4H2,1H3,(H,9,13)(H,10,11,12). The van der Waals surface area contributed by atoms with Crippen molar-refractivity contribution >= 4 is 11.9 Å². The SMILES string of the molecule is Cc1noc(NC2CCCNC2=O)n1. The number of amides is 1. The van der Waals surface area contributed by atoms with Crippen LogP contribution >= 0.6 is 0 Å². The van der Waals surface area contributed by atoms with Gasteiger partial charge >= 0.3 is 6.01 Å². The number of carbonyl (C=O) groups excluding carboxylic acids is 1. The fourth-order valence-corrected chi connectivity index (χ4v) is 1.41. The van der Waals surface area contributed by atoms with Gasteiger partial charge in [-0.1, -0.05) is 5.16 Å². The van der Waals surface area contributed by atoms with Gasteiger partial charge in [-0.05, 0) is 19.8 Å². The molecule has 1 aromatic heterocycles. The van der Waals surface area contributed by atoms with Crippen LogP contribution < -0.4 is 10.6 Å². The van der Waals surface area contributed by atoms with Gasteiger partial charge in [-0.25, -0.2) is 0 Å². The molecule has 2 N–H and O–H groups in total. The molecule has 1 aliphatic rings. The predicted molar refractivity (Wildman–Crippen MR) is 48.7 cm³/mol. The number of hydrogen-bond acceptors (Lipinski definition) is 5. The Morgan fingerprint density at radius 2 is 2.50 bits per heavy atom. The largest absolute Gasteiger partial charge is 0.354 e. The molecular weight excluding hydrogens is 184 g/mol. The van der Waals surface area contributed by atoms with Crippen molar-refractivity contribution in [1.82, 2.24) is 15.5 Å². The van der Waals surface area contributed by atoms with E-state index in [0.717, 1.165) is 19.4 Å². The second kappa shape index (κ2) is 3.65. The van der Waals surface area contributed by atoms with Crippen LogP contribution in [-0.4, -0.2) is 28.6 Å². The molecule has 1 unspecified atom stereocenters. The zero-order valence-electron chi connectivity index (χ0n) is 7.91. The van der Waals surface area contributed by atoms with Crippen LogP contribution in [0.25, 0.3) is 0 Å². The van der Waals surface area contributed by atoms with Gasteiger partial charge in [0, 0.05) is 6.54 Å². The first-order valence-corrected chi connectivity index (χ1v) is 4.60. The molecule has 1 atom stereocenters. The highest BCUT2D eigenvalue weighted by atomic mass is 16.5. The Bertz CT molecular complexity index is 336. The molecule has 1 saturated heterocycles. The van der Waals surface area contributed by atoms with Crippen molar-refractivity contribution < 1.29 is 9.32 Å². The smallest absolute Gasteiger partial charge is 0.322 e. The Hall–Kier alpha value is -1.59. The van der Waals surface area contributed by atoms with E-state index in [1.54, 1.807) is 6.92 Å². The molecule has 76 valence electrons. The molecule has 0 aliphatic carbocycles. The predicted octanol–water partition coefficient (Wildman–Crippen LogP) is 0.0685. The molecule has 2 rings (SSSR count). The lowest BCUT2D eigenvalue weighted by Crippen LogP contribution is -2.44. The van der Waals surface area contributed by atoms with Gasteiger partial charge < -0.3 is 15.2 Å². The summed E-state index contributed by atoms with van der Waals surface area (Å²) in [5, 5.41) is 9.29. The van der Waals surface area contributed by atoms with Crippen molar-refractivity contribution in [2.75, 3.05) is 11.9 Å². The molecule has 1 aromatic rings. The highest BCUT2D eigenvalue weighted by Gasteiger charge is 2.23. The molecule has 0 radical (unpaired) electrons. The first-order chi connectivity index (χ1) is 6.75. The van der Waals surface area contributed by atoms with Crippen LogP contribution in [0.4, 0.5) is 6.01 Å². The van der Waals surface area contributed by atoms with Gasteiger partial charge in [-0.2, -0.15) is 4.98 Å². The van der Waals surface area contributed by atoms with E-state index in [9.17, 15) is 4.79 Å². The number of carbonyl (C=O) groups is 1. The van der Waals surface area contributed by atoms with Crippen molar-refractivity contribution in [3.63, 3.8) is 0 Å². The summed E-state index contributed by atoms with van der Waals surface area (Å²) in [5.41, 5.74) is 0. The third kappa shape index (κ3) is 1.84. The van der Waals surface area contributed by atoms with Crippen LogP contribution in [0, 0.1) is 6.92 Å². The molecule has 1 fully saturated rings. The zero-order chi connectivity index (χ0) is 9.97. The summed E-state index contributed by atoms with van der Waals surface area (Å²) < 4.78 is 4.86. The van der Waals surface area contributed by atoms with Crippen molar-refractivity contribution in [2.24, 2.45) is 0 Å². The number of anilines is 1. The Labute approximate surface area is 81.1 Å². The first kappa shape index (κ1) is 8.98. The second-order valence-electron chi connectivity index (χ2n) is 3.28. The summed E-state index contributed by atoms with van der Waals surface area (Å²) in [6.07, 6.45) is 1.77. The lowest BCUT2D eigenvalue weighted by atomic mass is 10.1. The minimum absolute atomic E-state index is 0.00731. The van der Waals surface area contributed by atoms with Crippen molar-refractivity contribution in [2.45, 2.75) is 25.8 Å². The molecule has 6 nitrogen and oxygen atoms in total. The summed E-state index contributed by atoms with van der Waals surface area (Å²) in [6, 6.07) is 0.0631. The maximum atomic E-state index is 11.3. The molecular formula is C8H12N4O2. The summed E-state index contributed by atoms with van der Waals surface area (Å²) in [7, 11) is 0. The first-order valence-electron chi connectivity index (χ1n) is 4.60. The third-order valence-electron chi connectivity index (χ3n) is 2.11. The van der Waals surface area contributed by atoms with Gasteiger partial charge in [0.05, 0.1) is 0 Å². The second-order valence-corrected chi connectivity index (χ2v) is 3.28. The highest BCUT2D eigenvalue weighted by molar-refractivity contribution is 5.84. The van der Waals surface area contributed by atoms with E-state index in [2.05, 4.69) is 20.8 Å². The van der Waals surface area contributed by atoms with Gasteiger partial charge in [0.1, 0.15) is 6.04 Å². The average Bonchev–Trinajstić information content (AvgIpc) is 2.56. The van der Waals surface area contributed by atoms with Gasteiger partial charge in [-0.3, -0.25) is 4.79 Å². The molecule has 0 saturated carbocycles. The Morgan fingerprint density at radius 3 is 3.14 bits per heavy atom. The highest BCUT2D eigenvalue weighted by Crippen LogP contribution is 2.10. The Balaban J connectivity index is 1.99. The summed E-state index contributed by atoms with van der Waals surface area (Å²) in [4.78, 5) is 15.3. The molecule has 0 spiro atoms. The van der Waals surface area contributed by atoms with E-state index in [4.69, 9.17) is 4.52 Å². The van der Waals surface area contributed by atoms with Gasteiger partial charge in [-0.15, -0.1) is 0 Å². The van der Waals surface area contributed by atoms with E-state index < -0.39 is 0 Å². The fraction of sp³-hybridized carbons (Fsp3) is 0.625. The molecule has 1 amide bonds. The minimum atomic E-state index is -0.247. The maximum absolute atomic E-state index is 11.3. The monoisotopic (exact) mass is 196 g/mol. The van der Waals surface area contributed by atoms with Crippen LogP contribution in [0.5, 0.6) is 0 Å². The van der Waals surface area contributed by atoms with E-state index in [1.165, 1.54) is 0 Å². The third-order valence-corrected chi connectivity index (χ3v) is 2.11. The fourth-order valence-electron chi connectivity index (χ4n) is 1.41. The van der Waals surface area contributed by atoms with Crippen molar-refractivity contribution in [3.8, 4) is 0 Å². The quantitative estimate of drug-likeness (QED) is 0.699. The van der Waals surface area contributed by atoms with Crippen LogP contribution in [0.3, 0.4) is 0 Å². The van der Waals surface area contributed by atoms with Gasteiger partial charge in [0.2, 0.25) is 5.91 Å². The molecule has 1 aliphatic heterocycles. The molecule has 2 heterocycles. The molecule has 14 heavy (non-hydrogen) atoms. The normalized spacial score (nSPS) is 21.8. The van der Waals surface area contributed by atoms with Gasteiger partial charge in [0.15, 0.2) is 5.82 Å². The van der Waals surface area contributed by atoms with Gasteiger partial charge in [0.25, 0.3) is 0 Å². The number of hydrogen-bond donors (Lipinski definition) is 2. The summed E-state index contributed by atoms with van der Waals surface area (Å²) in [5.74, 6) is 0.552. The number of aryl methyl sites for hydroxylation is 1. The lowest BCUT2D eigenvalue weighted by Gasteiger charge is -2.21. The Morgan fingerprint density at radius 1 is 1.64 bits per heavy atom. The number of aromatic nitrogens is 2. The Kier molecular flexibility index (Phi) is 2.34. The van der Waals surface area contributed by atoms with E-state index in [1.807, 2.05) is 0 Å². The van der Waals surface area contributed by atoms with E-state index in [-0.39, 0.29) is 11.9 Å². The average molecular weight is 196 g/mol. The van der Waals surface area contributed by atoms with Crippen LogP contribution in [0.1, 0.15) is 18.7 Å². The van der Waals surface area contributed by atoms with E-state index >= 15 is 0 Å². The van der Waals surface area contributed by atoms with Crippen LogP contribution in [0.15, 0.2) is 4.52 Å². The molecule has 0 bridgehead atoms. The summed E-state index contributed by atoms with van der Waals surface area (Å²) >= 11 is 0. The summed E-state index contributed by atoms with van der Waals surface area (Å²) in [6.45, 7) is 2.48. The minimum Gasteiger partial charge on any atom is -0.354 e. The van der Waals surface area contributed by atoms with Crippen molar-refractivity contribution in [3.05, 3.63) is 5.82 Å². The molecule has 0 aromatic carbocycles. The van der Waals surface area contributed by atoms with E-state index in [0.29, 0.717) is 11.8 Å². The number of rotatable bonds is 2. The zero-order valence-corrected chi connectivity index (χ0v) is 7.91. The number of piperidine rings is 1. The maximum Gasteiger partial charge on any atom is 0.322 e. The van der Waals surface area contributed by atoms with Crippen molar-refractivity contribution in [1.29, 1.82) is 0 Å². The van der Waals surface area contributed by atoms with Crippen LogP contribution in [-0.2, 0) is 4.79 Å². The number of nitrogens with one attached hydrogen (secondary N) is 2. The topological polar surface area (TPSA) is 80.0 Å². The number of nitrogens with zero attached hydrogens (tertiary/aromatic N) is 2. The van der Waals surface area contributed by atoms with Crippen LogP contribution in [0.2, 0.25) is 0 Å². The lowest BCUT2D eigenvalue weighted by molar-refractivity contribution is -0.123.